The molecule has 1 N–H and O–H groups in total. The number of halogens is 5. The SMILES string of the molecule is C[C@H](NC(=O)c1cc(F)c(N2CC(CC#N)(N3CC(CCC4CC4c4ccccc4)C3)C2)cc1F)C(F)(F)F. The molecule has 1 aliphatic carbocycles. The van der Waals surface area contributed by atoms with Crippen molar-refractivity contribution in [2.45, 2.75) is 56.3 Å². The first-order valence-corrected chi connectivity index (χ1v) is 13.3. The van der Waals surface area contributed by atoms with Gasteiger partial charge >= 0.3 is 6.18 Å². The number of hydrogen-bond acceptors (Lipinski definition) is 4. The highest BCUT2D eigenvalue weighted by atomic mass is 19.4. The molecule has 2 aromatic carbocycles. The molecule has 1 saturated carbocycles. The molecule has 2 unspecified atom stereocenters. The van der Waals surface area contributed by atoms with E-state index in [0.717, 1.165) is 38.4 Å². The van der Waals surface area contributed by atoms with E-state index in [-0.39, 0.29) is 12.1 Å². The van der Waals surface area contributed by atoms with Gasteiger partial charge in [-0.2, -0.15) is 18.4 Å². The molecule has 3 fully saturated rings. The first-order chi connectivity index (χ1) is 18.5. The lowest BCUT2D eigenvalue weighted by Crippen LogP contribution is -2.74. The maximum Gasteiger partial charge on any atom is 0.408 e. The number of anilines is 1. The molecule has 39 heavy (non-hydrogen) atoms. The van der Waals surface area contributed by atoms with E-state index in [1.807, 2.05) is 6.07 Å². The van der Waals surface area contributed by atoms with E-state index in [1.165, 1.54) is 18.4 Å². The summed E-state index contributed by atoms with van der Waals surface area (Å²) in [6.45, 7) is 3.12. The summed E-state index contributed by atoms with van der Waals surface area (Å²) in [6, 6.07) is 12.1. The molecule has 0 spiro atoms. The Kier molecular flexibility index (Phi) is 7.31. The summed E-state index contributed by atoms with van der Waals surface area (Å²) in [7, 11) is 0. The zero-order valence-electron chi connectivity index (χ0n) is 21.6. The fraction of sp³-hybridized carbons (Fsp3) is 0.517. The zero-order valence-corrected chi connectivity index (χ0v) is 21.6. The van der Waals surface area contributed by atoms with Gasteiger partial charge in [-0.1, -0.05) is 30.3 Å². The summed E-state index contributed by atoms with van der Waals surface area (Å²) >= 11 is 0. The van der Waals surface area contributed by atoms with Crippen molar-refractivity contribution in [1.82, 2.24) is 10.2 Å². The van der Waals surface area contributed by atoms with E-state index < -0.39 is 40.9 Å². The maximum absolute atomic E-state index is 14.9. The summed E-state index contributed by atoms with van der Waals surface area (Å²) in [6.07, 6.45) is -0.897. The Morgan fingerprint density at radius 3 is 2.46 bits per heavy atom. The standard InChI is InChI=1S/C29H31F5N4O/c1-18(29(32,33)34)36-27(39)23-12-25(31)26(13-24(23)30)37-16-28(17-37,9-10-35)38-14-19(15-38)7-8-21-11-22(21)20-5-3-2-4-6-20/h2-6,12-13,18-19,21-22H,7-9,11,14-17H2,1H3,(H,36,39)/t18-,21?,22?/m0/s1. The molecule has 0 aromatic heterocycles. The van der Waals surface area contributed by atoms with Gasteiger partial charge in [0.2, 0.25) is 0 Å². The summed E-state index contributed by atoms with van der Waals surface area (Å²) < 4.78 is 67.7. The van der Waals surface area contributed by atoms with Crippen LogP contribution in [0.4, 0.5) is 27.6 Å². The van der Waals surface area contributed by atoms with Gasteiger partial charge in [-0.3, -0.25) is 9.69 Å². The van der Waals surface area contributed by atoms with Crippen molar-refractivity contribution in [1.29, 1.82) is 5.26 Å². The molecule has 208 valence electrons. The number of nitriles is 1. The van der Waals surface area contributed by atoms with Crippen LogP contribution in [-0.2, 0) is 0 Å². The Morgan fingerprint density at radius 2 is 1.82 bits per heavy atom. The van der Waals surface area contributed by atoms with Crippen LogP contribution in [0.5, 0.6) is 0 Å². The van der Waals surface area contributed by atoms with Crippen molar-refractivity contribution in [2.75, 3.05) is 31.1 Å². The van der Waals surface area contributed by atoms with Crippen molar-refractivity contribution in [2.24, 2.45) is 11.8 Å². The number of alkyl halides is 3. The van der Waals surface area contributed by atoms with Crippen LogP contribution in [0.25, 0.3) is 0 Å². The Morgan fingerprint density at radius 1 is 1.13 bits per heavy atom. The molecule has 2 aromatic rings. The van der Waals surface area contributed by atoms with Gasteiger partial charge in [0, 0.05) is 32.2 Å². The molecular formula is C29H31F5N4O. The number of hydrogen-bond donors (Lipinski definition) is 1. The second-order valence-electron chi connectivity index (χ2n) is 11.3. The number of benzene rings is 2. The molecule has 0 bridgehead atoms. The number of amides is 1. The van der Waals surface area contributed by atoms with Crippen LogP contribution in [-0.4, -0.2) is 54.7 Å². The fourth-order valence-electron chi connectivity index (χ4n) is 5.98. The molecule has 3 atom stereocenters. The summed E-state index contributed by atoms with van der Waals surface area (Å²) in [5.41, 5.74) is 0.109. The van der Waals surface area contributed by atoms with E-state index in [4.69, 9.17) is 0 Å². The molecule has 2 heterocycles. The van der Waals surface area contributed by atoms with Gasteiger partial charge in [0.15, 0.2) is 0 Å². The van der Waals surface area contributed by atoms with Gasteiger partial charge < -0.3 is 10.2 Å². The van der Waals surface area contributed by atoms with Crippen LogP contribution in [0, 0.1) is 34.8 Å². The van der Waals surface area contributed by atoms with Crippen LogP contribution in [0.15, 0.2) is 42.5 Å². The molecule has 5 nitrogen and oxygen atoms in total. The average Bonchev–Trinajstić information content (AvgIpc) is 3.61. The molecule has 5 rings (SSSR count). The molecule has 0 radical (unpaired) electrons. The van der Waals surface area contributed by atoms with Gasteiger partial charge in [-0.05, 0) is 55.6 Å². The third-order valence-electron chi connectivity index (χ3n) is 8.56. The largest absolute Gasteiger partial charge is 0.408 e. The second-order valence-corrected chi connectivity index (χ2v) is 11.3. The molecular weight excluding hydrogens is 515 g/mol. The minimum Gasteiger partial charge on any atom is -0.365 e. The lowest BCUT2D eigenvalue weighted by atomic mass is 9.78. The topological polar surface area (TPSA) is 59.4 Å². The Bertz CT molecular complexity index is 1250. The molecule has 2 aliphatic heterocycles. The van der Waals surface area contributed by atoms with Crippen molar-refractivity contribution in [3.05, 3.63) is 65.2 Å². The smallest absolute Gasteiger partial charge is 0.365 e. The van der Waals surface area contributed by atoms with Gasteiger partial charge in [0.1, 0.15) is 17.7 Å². The highest BCUT2D eigenvalue weighted by Gasteiger charge is 2.52. The van der Waals surface area contributed by atoms with Crippen LogP contribution in [0.3, 0.4) is 0 Å². The normalized spacial score (nSPS) is 23.4. The number of carbonyl (C=O) groups is 1. The Hall–Kier alpha value is -3.19. The van der Waals surface area contributed by atoms with E-state index in [1.54, 1.807) is 10.2 Å². The first-order valence-electron chi connectivity index (χ1n) is 13.3. The summed E-state index contributed by atoms with van der Waals surface area (Å²) in [5.74, 6) is -1.39. The average molecular weight is 547 g/mol. The maximum atomic E-state index is 14.9. The quantitative estimate of drug-likeness (QED) is 0.414. The zero-order chi connectivity index (χ0) is 27.9. The summed E-state index contributed by atoms with van der Waals surface area (Å²) in [5, 5.41) is 11.1. The number of carbonyl (C=O) groups excluding carboxylic acids is 1. The first kappa shape index (κ1) is 27.4. The highest BCUT2D eigenvalue weighted by Crippen LogP contribution is 2.51. The highest BCUT2D eigenvalue weighted by molar-refractivity contribution is 5.95. The van der Waals surface area contributed by atoms with Crippen LogP contribution >= 0.6 is 0 Å². The van der Waals surface area contributed by atoms with Crippen LogP contribution in [0.1, 0.15) is 54.4 Å². The predicted molar refractivity (Wildman–Crippen MR) is 136 cm³/mol. The van der Waals surface area contributed by atoms with Gasteiger partial charge in [0.05, 0.1) is 29.3 Å². The van der Waals surface area contributed by atoms with Crippen LogP contribution in [0.2, 0.25) is 0 Å². The number of nitrogens with one attached hydrogen (secondary N) is 1. The second kappa shape index (κ2) is 10.4. The van der Waals surface area contributed by atoms with Gasteiger partial charge in [-0.15, -0.1) is 0 Å². The minimum absolute atomic E-state index is 0.0701. The summed E-state index contributed by atoms with van der Waals surface area (Å²) in [4.78, 5) is 16.0. The predicted octanol–water partition coefficient (Wildman–Crippen LogP) is 5.63. The van der Waals surface area contributed by atoms with Crippen molar-refractivity contribution in [3.8, 4) is 6.07 Å². The number of likely N-dealkylation sites (tertiary alicyclic amines) is 1. The third-order valence-corrected chi connectivity index (χ3v) is 8.56. The minimum atomic E-state index is -4.70. The van der Waals surface area contributed by atoms with E-state index in [0.29, 0.717) is 31.0 Å². The lowest BCUT2D eigenvalue weighted by molar-refractivity contribution is -0.149. The molecule has 3 aliphatic rings. The fourth-order valence-corrected chi connectivity index (χ4v) is 5.98. The molecule has 1 amide bonds. The number of nitrogens with zero attached hydrogens (tertiary/aromatic N) is 3. The van der Waals surface area contributed by atoms with Crippen molar-refractivity contribution < 1.29 is 26.7 Å². The molecule has 10 heteroatoms. The number of rotatable bonds is 9. The van der Waals surface area contributed by atoms with Gasteiger partial charge in [0.25, 0.3) is 5.91 Å². The van der Waals surface area contributed by atoms with Crippen molar-refractivity contribution in [3.63, 3.8) is 0 Å². The Balaban J connectivity index is 1.14. The Labute approximate surface area is 224 Å². The molecule has 2 saturated heterocycles. The van der Waals surface area contributed by atoms with Crippen molar-refractivity contribution >= 4 is 11.6 Å². The third kappa shape index (κ3) is 5.60. The monoisotopic (exact) mass is 546 g/mol. The van der Waals surface area contributed by atoms with Crippen LogP contribution < -0.4 is 10.2 Å². The van der Waals surface area contributed by atoms with E-state index in [2.05, 4.69) is 35.2 Å². The van der Waals surface area contributed by atoms with Gasteiger partial charge in [-0.25, -0.2) is 8.78 Å². The lowest BCUT2D eigenvalue weighted by Gasteiger charge is -2.60. The van der Waals surface area contributed by atoms with E-state index in [9.17, 15) is 32.0 Å². The van der Waals surface area contributed by atoms with E-state index >= 15 is 0 Å².